The van der Waals surface area contributed by atoms with Crippen LogP contribution in [0, 0.1) is 22.7 Å². The van der Waals surface area contributed by atoms with Gasteiger partial charge in [0.1, 0.15) is 11.6 Å². The van der Waals surface area contributed by atoms with Crippen LogP contribution in [-0.4, -0.2) is 29.1 Å². The molecule has 0 unspecified atom stereocenters. The Kier molecular flexibility index (Phi) is 13.9. The molecule has 16 aromatic rings. The minimum atomic E-state index is -4.90. The van der Waals surface area contributed by atoms with Crippen LogP contribution < -0.4 is 0 Å². The summed E-state index contributed by atoms with van der Waals surface area (Å²) in [6, 6.07) is 92.4. The van der Waals surface area contributed by atoms with Crippen LogP contribution in [0.5, 0.6) is 0 Å². The van der Waals surface area contributed by atoms with Crippen molar-refractivity contribution in [2.45, 2.75) is 6.18 Å². The molecule has 6 aromatic heterocycles. The van der Waals surface area contributed by atoms with Gasteiger partial charge >= 0.3 is 6.18 Å². The Morgan fingerprint density at radius 1 is 0.287 bits per heavy atom. The van der Waals surface area contributed by atoms with Crippen molar-refractivity contribution in [2.75, 3.05) is 0 Å². The molecular formula is C83H49F3N8. The minimum Gasteiger partial charge on any atom is -0.308 e. The summed E-state index contributed by atoms with van der Waals surface area (Å²) >= 11 is 0. The van der Waals surface area contributed by atoms with E-state index in [0.29, 0.717) is 22.1 Å². The molecule has 0 bridgehead atoms. The highest BCUT2D eigenvalue weighted by Gasteiger charge is 2.36. The zero-order valence-corrected chi connectivity index (χ0v) is 50.0. The first-order valence-corrected chi connectivity index (χ1v) is 30.6. The lowest BCUT2D eigenvalue weighted by Crippen LogP contribution is -2.10. The van der Waals surface area contributed by atoms with Gasteiger partial charge < -0.3 is 9.13 Å². The number of halogens is 3. The highest BCUT2D eigenvalue weighted by atomic mass is 19.4. The van der Waals surface area contributed by atoms with Crippen LogP contribution in [0.2, 0.25) is 0 Å². The van der Waals surface area contributed by atoms with E-state index < -0.39 is 11.7 Å². The first kappa shape index (κ1) is 56.4. The third-order valence-corrected chi connectivity index (χ3v) is 17.7. The van der Waals surface area contributed by atoms with Crippen LogP contribution in [0.15, 0.2) is 298 Å². The minimum absolute atomic E-state index is 0.0737. The lowest BCUT2D eigenvalue weighted by atomic mass is 9.92. The van der Waals surface area contributed by atoms with Gasteiger partial charge in [0.15, 0.2) is 0 Å². The van der Waals surface area contributed by atoms with E-state index in [1.54, 1.807) is 36.9 Å². The molecule has 0 aliphatic rings. The van der Waals surface area contributed by atoms with Crippen LogP contribution in [0.1, 0.15) is 16.7 Å². The molecule has 10 aromatic carbocycles. The standard InChI is InChI=1S/C83H49F3N8/c84-83(85,86)71-23-13-22-64(50-87)82(71)65-48-80(93-76-44-56(60-32-36-89-72(40-60)52-14-5-1-6-15-52)24-28-66(76)67-29-25-57(45-77(67)93)61-33-37-90-73(41-61)53-16-7-2-8-17-53)70(51-88)81(49-65)94-78-46-58(62-34-38-91-74(42-62)54-18-9-3-10-19-54)26-30-68(78)69-31-27-59(47-79(69)94)63-35-39-92-75(43-63)55-20-11-4-12-21-55/h1-49H. The predicted molar refractivity (Wildman–Crippen MR) is 370 cm³/mol. The van der Waals surface area contributed by atoms with Crippen molar-refractivity contribution in [3.8, 4) is 124 Å². The van der Waals surface area contributed by atoms with Gasteiger partial charge in [-0.15, -0.1) is 0 Å². The third kappa shape index (κ3) is 10.1. The molecular weight excluding hydrogens is 1170 g/mol. The smallest absolute Gasteiger partial charge is 0.308 e. The number of alkyl halides is 3. The average Bonchev–Trinajstić information content (AvgIpc) is 1.53. The molecule has 0 saturated heterocycles. The predicted octanol–water partition coefficient (Wildman–Crippen LogP) is 21.2. The summed E-state index contributed by atoms with van der Waals surface area (Å²) in [4.78, 5) is 19.0. The van der Waals surface area contributed by atoms with E-state index in [-0.39, 0.29) is 33.6 Å². The molecule has 0 atom stereocenters. The maximum absolute atomic E-state index is 16.0. The SMILES string of the molecule is N#Cc1cccc(C(F)(F)F)c1-c1cc(-n2c3cc(-c4ccnc(-c5ccccc5)c4)ccc3c3ccc(-c4ccnc(-c5ccccc5)c4)cc32)c(C#N)c(-n2c3cc(-c4ccnc(-c5ccccc5)c4)ccc3c3ccc(-c4ccnc(-c5ccccc5)c4)cc32)c1. The summed E-state index contributed by atoms with van der Waals surface area (Å²) in [5, 5.41) is 26.7. The molecule has 6 heterocycles. The zero-order chi connectivity index (χ0) is 63.4. The zero-order valence-electron chi connectivity index (χ0n) is 50.0. The second-order valence-corrected chi connectivity index (χ2v) is 23.1. The Labute approximate surface area is 538 Å². The summed E-state index contributed by atoms with van der Waals surface area (Å²) in [6.45, 7) is 0. The summed E-state index contributed by atoms with van der Waals surface area (Å²) in [7, 11) is 0. The summed E-state index contributed by atoms with van der Waals surface area (Å²) in [6.07, 6.45) is 2.24. The highest BCUT2D eigenvalue weighted by Crippen LogP contribution is 2.47. The van der Waals surface area contributed by atoms with Gasteiger partial charge in [0, 0.05) is 74.1 Å². The normalized spacial score (nSPS) is 11.5. The highest BCUT2D eigenvalue weighted by molar-refractivity contribution is 6.13. The Hall–Kier alpha value is -12.8. The van der Waals surface area contributed by atoms with E-state index >= 15 is 13.2 Å². The number of hydrogen-bond donors (Lipinski definition) is 0. The fourth-order valence-electron chi connectivity index (χ4n) is 13.2. The summed E-state index contributed by atoms with van der Waals surface area (Å²) in [5.74, 6) is 0. The second-order valence-electron chi connectivity index (χ2n) is 23.1. The average molecular weight is 1220 g/mol. The van der Waals surface area contributed by atoms with Crippen molar-refractivity contribution < 1.29 is 13.2 Å². The molecule has 0 aliphatic carbocycles. The van der Waals surface area contributed by atoms with Gasteiger partial charge in [-0.2, -0.15) is 23.7 Å². The summed E-state index contributed by atoms with van der Waals surface area (Å²) < 4.78 is 51.9. The molecule has 8 nitrogen and oxygen atoms in total. The molecule has 94 heavy (non-hydrogen) atoms. The number of rotatable bonds is 11. The number of hydrogen-bond acceptors (Lipinski definition) is 6. The van der Waals surface area contributed by atoms with Crippen LogP contribution in [-0.2, 0) is 6.18 Å². The van der Waals surface area contributed by atoms with E-state index in [0.717, 1.165) is 117 Å². The Morgan fingerprint density at radius 3 is 0.883 bits per heavy atom. The molecule has 0 fully saturated rings. The van der Waals surface area contributed by atoms with Crippen LogP contribution in [0.3, 0.4) is 0 Å². The Balaban J connectivity index is 1.02. The van der Waals surface area contributed by atoms with Crippen molar-refractivity contribution in [3.63, 3.8) is 0 Å². The quantitative estimate of drug-likeness (QED) is 0.128. The fraction of sp³-hybridized carbons (Fsp3) is 0.0120. The van der Waals surface area contributed by atoms with Crippen molar-refractivity contribution in [1.82, 2.24) is 29.1 Å². The van der Waals surface area contributed by atoms with E-state index in [2.05, 4.69) is 84.9 Å². The van der Waals surface area contributed by atoms with Crippen molar-refractivity contribution >= 4 is 43.6 Å². The molecule has 16 rings (SSSR count). The van der Waals surface area contributed by atoms with E-state index in [9.17, 15) is 10.5 Å². The molecule has 0 saturated carbocycles. The molecule has 0 radical (unpaired) electrons. The molecule has 0 spiro atoms. The van der Waals surface area contributed by atoms with Gasteiger partial charge in [-0.1, -0.05) is 176 Å². The maximum atomic E-state index is 16.0. The lowest BCUT2D eigenvalue weighted by molar-refractivity contribution is -0.137. The first-order valence-electron chi connectivity index (χ1n) is 30.6. The van der Waals surface area contributed by atoms with E-state index in [1.807, 2.05) is 179 Å². The molecule has 0 amide bonds. The van der Waals surface area contributed by atoms with Crippen LogP contribution in [0.25, 0.3) is 156 Å². The monoisotopic (exact) mass is 1210 g/mol. The number of pyridine rings is 4. The second kappa shape index (κ2) is 23.2. The topological polar surface area (TPSA) is 109 Å². The van der Waals surface area contributed by atoms with Gasteiger partial charge in [0.2, 0.25) is 0 Å². The van der Waals surface area contributed by atoms with Crippen LogP contribution in [0.4, 0.5) is 13.2 Å². The maximum Gasteiger partial charge on any atom is 0.417 e. The lowest BCUT2D eigenvalue weighted by Gasteiger charge is -2.21. The van der Waals surface area contributed by atoms with Crippen molar-refractivity contribution in [1.29, 1.82) is 10.5 Å². The van der Waals surface area contributed by atoms with Crippen molar-refractivity contribution in [2.24, 2.45) is 0 Å². The van der Waals surface area contributed by atoms with Gasteiger partial charge in [-0.3, -0.25) is 19.9 Å². The van der Waals surface area contributed by atoms with Gasteiger partial charge in [0.05, 0.1) is 73.4 Å². The number of nitrogens with zero attached hydrogens (tertiary/aromatic N) is 8. The Morgan fingerprint density at radius 2 is 0.596 bits per heavy atom. The fourth-order valence-corrected chi connectivity index (χ4v) is 13.2. The molecule has 0 aliphatic heterocycles. The third-order valence-electron chi connectivity index (χ3n) is 17.7. The van der Waals surface area contributed by atoms with Crippen molar-refractivity contribution in [3.05, 3.63) is 314 Å². The van der Waals surface area contributed by atoms with Gasteiger partial charge in [-0.25, -0.2) is 0 Å². The number of nitriles is 2. The summed E-state index contributed by atoms with van der Waals surface area (Å²) in [5.41, 5.74) is 15.7. The van der Waals surface area contributed by atoms with Crippen LogP contribution >= 0.6 is 0 Å². The van der Waals surface area contributed by atoms with E-state index in [4.69, 9.17) is 19.9 Å². The largest absolute Gasteiger partial charge is 0.417 e. The molecule has 0 N–H and O–H groups in total. The first-order chi connectivity index (χ1) is 46.1. The molecule has 11 heteroatoms. The number of benzene rings is 10. The Bertz CT molecular complexity index is 5160. The van der Waals surface area contributed by atoms with Gasteiger partial charge in [0.25, 0.3) is 0 Å². The van der Waals surface area contributed by atoms with E-state index in [1.165, 1.54) is 12.1 Å². The number of fused-ring (bicyclic) bond motifs is 6. The number of aromatic nitrogens is 6. The molecule has 442 valence electrons. The van der Waals surface area contributed by atoms with Gasteiger partial charge in [-0.05, 0) is 147 Å².